The van der Waals surface area contributed by atoms with Gasteiger partial charge in [0.25, 0.3) is 11.8 Å². The summed E-state index contributed by atoms with van der Waals surface area (Å²) in [6.45, 7) is 9.83. The lowest BCUT2D eigenvalue weighted by molar-refractivity contribution is -0.122. The first-order chi connectivity index (χ1) is 15.9. The van der Waals surface area contributed by atoms with E-state index in [9.17, 15) is 9.59 Å². The molecule has 0 atom stereocenters. The predicted molar refractivity (Wildman–Crippen MR) is 135 cm³/mol. The van der Waals surface area contributed by atoms with Gasteiger partial charge in [-0.1, -0.05) is 37.8 Å². The number of rotatable bonds is 9. The number of benzene rings is 2. The molecule has 0 bridgehead atoms. The molecule has 0 aromatic heterocycles. The smallest absolute Gasteiger partial charge is 0.270 e. The Hall–Kier alpha value is -3.71. The first-order valence-corrected chi connectivity index (χ1v) is 10.9. The summed E-state index contributed by atoms with van der Waals surface area (Å²) in [4.78, 5) is 27.3. The Morgan fingerprint density at radius 2 is 1.85 bits per heavy atom. The van der Waals surface area contributed by atoms with Crippen LogP contribution in [0.4, 0.5) is 5.69 Å². The summed E-state index contributed by atoms with van der Waals surface area (Å²) in [5.41, 5.74) is 3.11. The van der Waals surface area contributed by atoms with E-state index in [1.807, 2.05) is 30.3 Å². The van der Waals surface area contributed by atoms with Gasteiger partial charge in [0, 0.05) is 5.56 Å². The van der Waals surface area contributed by atoms with Crippen molar-refractivity contribution in [3.63, 3.8) is 0 Å². The third-order valence-corrected chi connectivity index (χ3v) is 5.38. The van der Waals surface area contributed by atoms with Crippen molar-refractivity contribution in [1.82, 2.24) is 5.32 Å². The Labute approximate surface area is 199 Å². The Morgan fingerprint density at radius 1 is 1.12 bits per heavy atom. The van der Waals surface area contributed by atoms with Crippen LogP contribution < -0.4 is 19.7 Å². The van der Waals surface area contributed by atoms with Crippen molar-refractivity contribution in [2.24, 2.45) is 0 Å². The number of anilines is 1. The maximum absolute atomic E-state index is 13.3. The van der Waals surface area contributed by atoms with Gasteiger partial charge in [-0.3, -0.25) is 19.8 Å². The molecule has 2 aromatic carbocycles. The number of nitrogens with one attached hydrogen (secondary N) is 1. The lowest BCUT2D eigenvalue weighted by atomic mass is 10.0. The third-order valence-electron chi connectivity index (χ3n) is 5.10. The van der Waals surface area contributed by atoms with Crippen LogP contribution in [0, 0.1) is 0 Å². The van der Waals surface area contributed by atoms with Crippen molar-refractivity contribution >= 4 is 40.9 Å². The maximum atomic E-state index is 13.3. The summed E-state index contributed by atoms with van der Waals surface area (Å²) >= 11 is 5.28. The number of hydrogen-bond donors (Lipinski definition) is 1. The number of carbonyl (C=O) groups excluding carboxylic acids is 2. The molecule has 3 rings (SSSR count). The molecule has 1 heterocycles. The van der Waals surface area contributed by atoms with Crippen molar-refractivity contribution in [3.05, 3.63) is 84.0 Å². The fraction of sp³-hybridized carbons (Fsp3) is 0.192. The van der Waals surface area contributed by atoms with Crippen molar-refractivity contribution in [2.75, 3.05) is 18.6 Å². The number of carbonyl (C=O) groups is 2. The largest absolute Gasteiger partial charge is 0.493 e. The molecule has 0 aliphatic carbocycles. The van der Waals surface area contributed by atoms with Gasteiger partial charge in [0.15, 0.2) is 16.6 Å². The average Bonchev–Trinajstić information content (AvgIpc) is 2.81. The standard InChI is InChI=1S/C26H26N2O4S/c1-5-8-19-14-18(16-22(31-4)23(19)32-13-6-2)15-21-24(29)27-26(33)28(25(21)30)20-11-9-17(7-3)10-12-20/h5-6,9-12,14-16H,1-2,7-8,13H2,3-4H3,(H,27,29,33)/b21-15+. The minimum atomic E-state index is -0.553. The van der Waals surface area contributed by atoms with Gasteiger partial charge < -0.3 is 9.47 Å². The molecule has 1 aliphatic heterocycles. The van der Waals surface area contributed by atoms with Crippen LogP contribution in [0.1, 0.15) is 23.6 Å². The molecule has 0 unspecified atom stereocenters. The highest BCUT2D eigenvalue weighted by atomic mass is 32.1. The van der Waals surface area contributed by atoms with Gasteiger partial charge in [-0.25, -0.2) is 0 Å². The van der Waals surface area contributed by atoms with Gasteiger partial charge in [0.2, 0.25) is 0 Å². The number of nitrogens with zero attached hydrogens (tertiary/aromatic N) is 1. The quantitative estimate of drug-likeness (QED) is 0.259. The topological polar surface area (TPSA) is 67.9 Å². The summed E-state index contributed by atoms with van der Waals surface area (Å²) < 4.78 is 11.3. The molecule has 1 saturated heterocycles. The zero-order valence-corrected chi connectivity index (χ0v) is 19.5. The molecule has 6 nitrogen and oxygen atoms in total. The second kappa shape index (κ2) is 10.7. The van der Waals surface area contributed by atoms with Gasteiger partial charge in [0.1, 0.15) is 12.2 Å². The molecule has 1 aliphatic rings. The van der Waals surface area contributed by atoms with Crippen LogP contribution in [0.25, 0.3) is 6.08 Å². The summed E-state index contributed by atoms with van der Waals surface area (Å²) in [5, 5.41) is 2.66. The molecule has 0 spiro atoms. The van der Waals surface area contributed by atoms with Crippen LogP contribution in [0.5, 0.6) is 11.5 Å². The molecule has 1 fully saturated rings. The number of allylic oxidation sites excluding steroid dienone is 1. The molecular weight excluding hydrogens is 436 g/mol. The van der Waals surface area contributed by atoms with Crippen LogP contribution in [-0.4, -0.2) is 30.6 Å². The number of amides is 2. The van der Waals surface area contributed by atoms with Gasteiger partial charge >= 0.3 is 0 Å². The van der Waals surface area contributed by atoms with Gasteiger partial charge in [-0.05, 0) is 66.5 Å². The summed E-state index contributed by atoms with van der Waals surface area (Å²) in [5.74, 6) is -0.00110. The average molecular weight is 463 g/mol. The molecule has 2 amide bonds. The Kier molecular flexibility index (Phi) is 7.79. The van der Waals surface area contributed by atoms with Crippen molar-refractivity contribution in [1.29, 1.82) is 0 Å². The van der Waals surface area contributed by atoms with Crippen LogP contribution >= 0.6 is 12.2 Å². The third kappa shape index (κ3) is 5.21. The lowest BCUT2D eigenvalue weighted by Crippen LogP contribution is -2.54. The van der Waals surface area contributed by atoms with E-state index in [-0.39, 0.29) is 10.7 Å². The molecule has 0 saturated carbocycles. The van der Waals surface area contributed by atoms with Crippen LogP contribution in [0.15, 0.2) is 67.3 Å². The van der Waals surface area contributed by atoms with Crippen LogP contribution in [0.2, 0.25) is 0 Å². The lowest BCUT2D eigenvalue weighted by Gasteiger charge is -2.29. The van der Waals surface area contributed by atoms with Crippen LogP contribution in [-0.2, 0) is 22.4 Å². The molecule has 170 valence electrons. The van der Waals surface area contributed by atoms with E-state index in [1.54, 1.807) is 18.2 Å². The Morgan fingerprint density at radius 3 is 2.45 bits per heavy atom. The highest BCUT2D eigenvalue weighted by molar-refractivity contribution is 7.80. The molecule has 2 aromatic rings. The van der Waals surface area contributed by atoms with E-state index in [0.29, 0.717) is 35.8 Å². The SMILES string of the molecule is C=CCOc1c(CC=C)cc(/C=C2\C(=O)NC(=S)N(c3ccc(CC)cc3)C2=O)cc1OC. The first-order valence-electron chi connectivity index (χ1n) is 10.5. The highest BCUT2D eigenvalue weighted by Crippen LogP contribution is 2.35. The number of methoxy groups -OCH3 is 1. The number of thiocarbonyl (C=S) groups is 1. The van der Waals surface area contributed by atoms with E-state index in [4.69, 9.17) is 21.7 Å². The van der Waals surface area contributed by atoms with Crippen molar-refractivity contribution < 1.29 is 19.1 Å². The molecule has 7 heteroatoms. The summed E-state index contributed by atoms with van der Waals surface area (Å²) in [7, 11) is 1.53. The molecular formula is C26H26N2O4S. The normalized spacial score (nSPS) is 14.8. The van der Waals surface area contributed by atoms with E-state index >= 15 is 0 Å². The fourth-order valence-corrected chi connectivity index (χ4v) is 3.75. The maximum Gasteiger partial charge on any atom is 0.270 e. The van der Waals surface area contributed by atoms with Gasteiger partial charge in [0.05, 0.1) is 12.8 Å². The minimum Gasteiger partial charge on any atom is -0.493 e. The van der Waals surface area contributed by atoms with Crippen LogP contribution in [0.3, 0.4) is 0 Å². The second-order valence-corrected chi connectivity index (χ2v) is 7.67. The van der Waals surface area contributed by atoms with E-state index in [2.05, 4.69) is 25.4 Å². The summed E-state index contributed by atoms with van der Waals surface area (Å²) in [6, 6.07) is 11.0. The highest BCUT2D eigenvalue weighted by Gasteiger charge is 2.34. The van der Waals surface area contributed by atoms with Gasteiger partial charge in [-0.15, -0.1) is 6.58 Å². The van der Waals surface area contributed by atoms with E-state index in [0.717, 1.165) is 17.5 Å². The van der Waals surface area contributed by atoms with E-state index in [1.165, 1.54) is 18.1 Å². The van der Waals surface area contributed by atoms with Crippen molar-refractivity contribution in [3.8, 4) is 11.5 Å². The van der Waals surface area contributed by atoms with Crippen molar-refractivity contribution in [2.45, 2.75) is 19.8 Å². The molecule has 0 radical (unpaired) electrons. The van der Waals surface area contributed by atoms with Gasteiger partial charge in [-0.2, -0.15) is 0 Å². The zero-order chi connectivity index (χ0) is 24.0. The predicted octanol–water partition coefficient (Wildman–Crippen LogP) is 4.38. The molecule has 1 N–H and O–H groups in total. The number of hydrogen-bond acceptors (Lipinski definition) is 5. The van der Waals surface area contributed by atoms with E-state index < -0.39 is 11.8 Å². The Balaban J connectivity index is 2.04. The summed E-state index contributed by atoms with van der Waals surface area (Å²) in [6.07, 6.45) is 6.30. The monoisotopic (exact) mass is 462 g/mol. The zero-order valence-electron chi connectivity index (χ0n) is 18.7. The second-order valence-electron chi connectivity index (χ2n) is 7.28. The number of aryl methyl sites for hydroxylation is 1. The number of ether oxygens (including phenoxy) is 2. The Bertz CT molecular complexity index is 1140. The molecule has 33 heavy (non-hydrogen) atoms. The first kappa shape index (κ1) is 23.9. The minimum absolute atomic E-state index is 0.0328. The fourth-order valence-electron chi connectivity index (χ4n) is 3.47.